The van der Waals surface area contributed by atoms with E-state index in [1.165, 1.54) is 6.42 Å². The van der Waals surface area contributed by atoms with Crippen molar-refractivity contribution in [3.63, 3.8) is 0 Å². The van der Waals surface area contributed by atoms with Crippen LogP contribution >= 0.6 is 0 Å². The molecule has 0 saturated heterocycles. The molecule has 1 aliphatic carbocycles. The molecule has 2 atom stereocenters. The van der Waals surface area contributed by atoms with Crippen molar-refractivity contribution in [2.45, 2.75) is 26.3 Å². The first-order valence-corrected chi connectivity index (χ1v) is 3.08. The molecule has 1 N–H and O–H groups in total. The summed E-state index contributed by atoms with van der Waals surface area (Å²) in [6.45, 7) is 5.58. The summed E-state index contributed by atoms with van der Waals surface area (Å²) in [4.78, 5) is 0. The van der Waals surface area contributed by atoms with Gasteiger partial charge in [-0.3, -0.25) is 0 Å². The zero-order valence-corrected chi connectivity index (χ0v) is 5.07. The Hall–Kier alpha value is -0.0400. The van der Waals surface area contributed by atoms with Gasteiger partial charge in [0.1, 0.15) is 0 Å². The van der Waals surface area contributed by atoms with Crippen molar-refractivity contribution in [3.8, 4) is 0 Å². The van der Waals surface area contributed by atoms with E-state index in [9.17, 15) is 0 Å². The van der Waals surface area contributed by atoms with Gasteiger partial charge in [-0.15, -0.1) is 0 Å². The third-order valence-electron chi connectivity index (χ3n) is 1.58. The highest BCUT2D eigenvalue weighted by molar-refractivity contribution is 4.88. The zero-order chi connectivity index (χ0) is 5.28. The molecule has 0 aromatic heterocycles. The fourth-order valence-electron chi connectivity index (χ4n) is 0.869. The van der Waals surface area contributed by atoms with E-state index in [-0.39, 0.29) is 0 Å². The fourth-order valence-corrected chi connectivity index (χ4v) is 0.869. The van der Waals surface area contributed by atoms with Crippen LogP contribution in [0, 0.1) is 5.92 Å². The first kappa shape index (κ1) is 5.10. The van der Waals surface area contributed by atoms with E-state index in [0.717, 1.165) is 18.5 Å². The first-order valence-electron chi connectivity index (χ1n) is 3.08. The zero-order valence-electron chi connectivity index (χ0n) is 5.07. The lowest BCUT2D eigenvalue weighted by atomic mass is 10.5. The average Bonchev–Trinajstić information content (AvgIpc) is 2.22. The summed E-state index contributed by atoms with van der Waals surface area (Å²) in [6.07, 6.45) is 1.40. The van der Waals surface area contributed by atoms with Gasteiger partial charge in [-0.25, -0.2) is 0 Å². The second kappa shape index (κ2) is 1.83. The van der Waals surface area contributed by atoms with Gasteiger partial charge in [0.15, 0.2) is 0 Å². The Labute approximate surface area is 45.1 Å². The van der Waals surface area contributed by atoms with E-state index in [2.05, 4.69) is 19.2 Å². The summed E-state index contributed by atoms with van der Waals surface area (Å²) in [6, 6.07) is 0.866. The van der Waals surface area contributed by atoms with Crippen LogP contribution in [0.1, 0.15) is 20.3 Å². The lowest BCUT2D eigenvalue weighted by Gasteiger charge is -1.92. The van der Waals surface area contributed by atoms with Crippen LogP contribution in [0.25, 0.3) is 0 Å². The molecule has 0 heterocycles. The maximum Gasteiger partial charge on any atom is 0.00962 e. The molecular formula is C6H13N. The molecular weight excluding hydrogens is 86.1 g/mol. The van der Waals surface area contributed by atoms with Crippen LogP contribution in [0.5, 0.6) is 0 Å². The second-order valence-corrected chi connectivity index (χ2v) is 2.38. The Balaban J connectivity index is 1.98. The maximum absolute atomic E-state index is 3.37. The number of rotatable bonds is 2. The Morgan fingerprint density at radius 3 is 2.43 bits per heavy atom. The summed E-state index contributed by atoms with van der Waals surface area (Å²) in [7, 11) is 0. The molecule has 7 heavy (non-hydrogen) atoms. The third-order valence-corrected chi connectivity index (χ3v) is 1.58. The molecule has 1 unspecified atom stereocenters. The van der Waals surface area contributed by atoms with E-state index in [0.29, 0.717) is 0 Å². The molecule has 0 spiro atoms. The highest BCUT2D eigenvalue weighted by Gasteiger charge is 2.30. The predicted molar refractivity (Wildman–Crippen MR) is 31.2 cm³/mol. The van der Waals surface area contributed by atoms with Crippen LogP contribution in [0.15, 0.2) is 0 Å². The molecule has 42 valence electrons. The van der Waals surface area contributed by atoms with Crippen molar-refractivity contribution in [2.75, 3.05) is 6.54 Å². The topological polar surface area (TPSA) is 12.0 Å². The molecule has 0 aliphatic heterocycles. The summed E-state index contributed by atoms with van der Waals surface area (Å²) < 4.78 is 0. The molecule has 1 heteroatoms. The van der Waals surface area contributed by atoms with Crippen molar-refractivity contribution < 1.29 is 0 Å². The molecule has 0 radical (unpaired) electrons. The van der Waals surface area contributed by atoms with Gasteiger partial charge in [-0.05, 0) is 18.9 Å². The normalized spacial score (nSPS) is 38.6. The van der Waals surface area contributed by atoms with Crippen LogP contribution < -0.4 is 5.32 Å². The minimum absolute atomic E-state index is 0.866. The monoisotopic (exact) mass is 99.1 g/mol. The smallest absolute Gasteiger partial charge is 0.00962 e. The van der Waals surface area contributed by atoms with Gasteiger partial charge in [-0.2, -0.15) is 0 Å². The largest absolute Gasteiger partial charge is 0.314 e. The highest BCUT2D eigenvalue weighted by atomic mass is 14.9. The Bertz CT molecular complexity index is 61.2. The molecule has 1 aliphatic rings. The standard InChI is InChI=1S/C6H13N/c1-3-7-6-4-5(6)2/h5-7H,3-4H2,1-2H3/t5-,6?/m0/s1. The third kappa shape index (κ3) is 1.16. The van der Waals surface area contributed by atoms with Crippen LogP contribution in [-0.4, -0.2) is 12.6 Å². The molecule has 0 aromatic rings. The molecule has 1 saturated carbocycles. The van der Waals surface area contributed by atoms with Crippen molar-refractivity contribution in [1.29, 1.82) is 0 Å². The summed E-state index contributed by atoms with van der Waals surface area (Å²) in [5.74, 6) is 0.958. The quantitative estimate of drug-likeness (QED) is 0.544. The number of nitrogens with one attached hydrogen (secondary N) is 1. The van der Waals surface area contributed by atoms with Crippen molar-refractivity contribution in [3.05, 3.63) is 0 Å². The average molecular weight is 99.2 g/mol. The lowest BCUT2D eigenvalue weighted by Crippen LogP contribution is -2.16. The van der Waals surface area contributed by atoms with Crippen LogP contribution in [-0.2, 0) is 0 Å². The van der Waals surface area contributed by atoms with Gasteiger partial charge in [-0.1, -0.05) is 13.8 Å². The van der Waals surface area contributed by atoms with E-state index in [1.54, 1.807) is 0 Å². The molecule has 0 aromatic carbocycles. The van der Waals surface area contributed by atoms with E-state index < -0.39 is 0 Å². The summed E-state index contributed by atoms with van der Waals surface area (Å²) in [5, 5.41) is 3.37. The molecule has 1 rings (SSSR count). The van der Waals surface area contributed by atoms with Crippen LogP contribution in [0.2, 0.25) is 0 Å². The molecule has 1 nitrogen and oxygen atoms in total. The van der Waals surface area contributed by atoms with E-state index in [1.807, 2.05) is 0 Å². The van der Waals surface area contributed by atoms with Gasteiger partial charge in [0.25, 0.3) is 0 Å². The van der Waals surface area contributed by atoms with Gasteiger partial charge < -0.3 is 5.32 Å². The Morgan fingerprint density at radius 2 is 2.29 bits per heavy atom. The highest BCUT2D eigenvalue weighted by Crippen LogP contribution is 2.28. The molecule has 1 fully saturated rings. The Morgan fingerprint density at radius 1 is 1.71 bits per heavy atom. The van der Waals surface area contributed by atoms with Crippen LogP contribution in [0.3, 0.4) is 0 Å². The Kier molecular flexibility index (Phi) is 1.33. The van der Waals surface area contributed by atoms with Gasteiger partial charge in [0.05, 0.1) is 0 Å². The SMILES string of the molecule is CCNC1C[C@@H]1C. The number of hydrogen-bond donors (Lipinski definition) is 1. The summed E-state index contributed by atoms with van der Waals surface area (Å²) in [5.41, 5.74) is 0. The maximum atomic E-state index is 3.37. The predicted octanol–water partition coefficient (Wildman–Crippen LogP) is 1.00. The van der Waals surface area contributed by atoms with Crippen molar-refractivity contribution in [1.82, 2.24) is 5.32 Å². The van der Waals surface area contributed by atoms with Crippen LogP contribution in [0.4, 0.5) is 0 Å². The van der Waals surface area contributed by atoms with Gasteiger partial charge in [0, 0.05) is 6.04 Å². The lowest BCUT2D eigenvalue weighted by molar-refractivity contribution is 0.680. The van der Waals surface area contributed by atoms with Crippen molar-refractivity contribution in [2.24, 2.45) is 5.92 Å². The van der Waals surface area contributed by atoms with Gasteiger partial charge in [0.2, 0.25) is 0 Å². The fraction of sp³-hybridized carbons (Fsp3) is 1.00. The second-order valence-electron chi connectivity index (χ2n) is 2.38. The summed E-state index contributed by atoms with van der Waals surface area (Å²) >= 11 is 0. The first-order chi connectivity index (χ1) is 3.34. The number of hydrogen-bond acceptors (Lipinski definition) is 1. The minimum atomic E-state index is 0.866. The molecule has 0 bridgehead atoms. The van der Waals surface area contributed by atoms with Crippen molar-refractivity contribution >= 4 is 0 Å². The van der Waals surface area contributed by atoms with Gasteiger partial charge >= 0.3 is 0 Å². The molecule has 0 amide bonds. The van der Waals surface area contributed by atoms with E-state index >= 15 is 0 Å². The minimum Gasteiger partial charge on any atom is -0.314 e. The van der Waals surface area contributed by atoms with E-state index in [4.69, 9.17) is 0 Å².